The van der Waals surface area contributed by atoms with Crippen LogP contribution < -0.4 is 5.32 Å². The topological polar surface area (TPSA) is 35.5 Å². The number of piperazine rings is 1. The van der Waals surface area contributed by atoms with Crippen molar-refractivity contribution in [3.05, 3.63) is 41.4 Å². The fourth-order valence-electron chi connectivity index (χ4n) is 2.20. The Balaban J connectivity index is 0.00000162. The summed E-state index contributed by atoms with van der Waals surface area (Å²) < 4.78 is 0. The van der Waals surface area contributed by atoms with Gasteiger partial charge < -0.3 is 10.4 Å². The molecule has 0 spiro atoms. The summed E-state index contributed by atoms with van der Waals surface area (Å²) in [4.78, 5) is 2.29. The molecule has 0 aromatic heterocycles. The largest absolute Gasteiger partial charge is 0.508 e. The predicted molar refractivity (Wildman–Crippen MR) is 85.0 cm³/mol. The number of hydrogen-bond acceptors (Lipinski definition) is 3. The van der Waals surface area contributed by atoms with Gasteiger partial charge in [0.1, 0.15) is 5.75 Å². The minimum absolute atomic E-state index is 0. The molecule has 1 atom stereocenters. The molecule has 2 rings (SSSR count). The monoisotopic (exact) mass is 324 g/mol. The predicted octanol–water partition coefficient (Wildman–Crippen LogP) is 3.02. The zero-order valence-corrected chi connectivity index (χ0v) is 12.9. The first-order chi connectivity index (χ1) is 8.22. The van der Waals surface area contributed by atoms with Gasteiger partial charge in [0.15, 0.2) is 0 Å². The molecule has 1 aliphatic rings. The molecule has 0 unspecified atom stereocenters. The van der Waals surface area contributed by atoms with E-state index in [-0.39, 0.29) is 36.6 Å². The molecule has 0 saturated carbocycles. The van der Waals surface area contributed by atoms with Crippen molar-refractivity contribution in [2.24, 2.45) is 0 Å². The molecular weight excluding hydrogens is 307 g/mol. The maximum atomic E-state index is 9.92. The highest BCUT2D eigenvalue weighted by molar-refractivity contribution is 6.30. The first-order valence-corrected chi connectivity index (χ1v) is 6.16. The number of halogens is 3. The fourth-order valence-corrected chi connectivity index (χ4v) is 2.38. The highest BCUT2D eigenvalue weighted by atomic mass is 35.5. The fraction of sp³-hybridized carbons (Fsp3) is 0.385. The van der Waals surface area contributed by atoms with Crippen LogP contribution in [0.2, 0.25) is 5.02 Å². The molecule has 108 valence electrons. The average molecular weight is 326 g/mol. The van der Waals surface area contributed by atoms with Gasteiger partial charge in [0.05, 0.1) is 6.04 Å². The van der Waals surface area contributed by atoms with E-state index in [4.69, 9.17) is 11.6 Å². The molecular formula is C13H19Cl3N2O. The quantitative estimate of drug-likeness (QED) is 0.839. The minimum atomic E-state index is 0. The van der Waals surface area contributed by atoms with Gasteiger partial charge in [0, 0.05) is 36.8 Å². The third-order valence-corrected chi connectivity index (χ3v) is 3.31. The van der Waals surface area contributed by atoms with E-state index in [9.17, 15) is 5.11 Å². The van der Waals surface area contributed by atoms with Crippen LogP contribution in [0.5, 0.6) is 5.75 Å². The SMILES string of the molecule is C=C[C@@H](c1cc(Cl)ccc1O)N1CCNCC1.Cl.Cl. The van der Waals surface area contributed by atoms with Crippen molar-refractivity contribution in [2.75, 3.05) is 26.2 Å². The molecule has 1 aromatic carbocycles. The van der Waals surface area contributed by atoms with Gasteiger partial charge in [0.2, 0.25) is 0 Å². The van der Waals surface area contributed by atoms with Crippen molar-refractivity contribution >= 4 is 36.4 Å². The molecule has 1 fully saturated rings. The standard InChI is InChI=1S/C13H17ClN2O.2ClH/c1-2-12(16-7-5-15-6-8-16)11-9-10(14)3-4-13(11)17;;/h2-4,9,12,15,17H,1,5-8H2;2*1H/t12-;;/m0../s1. The van der Waals surface area contributed by atoms with E-state index in [2.05, 4.69) is 16.8 Å². The van der Waals surface area contributed by atoms with Gasteiger partial charge in [-0.2, -0.15) is 0 Å². The lowest BCUT2D eigenvalue weighted by Crippen LogP contribution is -2.44. The van der Waals surface area contributed by atoms with Gasteiger partial charge in [-0.15, -0.1) is 31.4 Å². The molecule has 0 bridgehead atoms. The highest BCUT2D eigenvalue weighted by Gasteiger charge is 2.21. The Morgan fingerprint density at radius 3 is 2.53 bits per heavy atom. The van der Waals surface area contributed by atoms with Crippen molar-refractivity contribution in [1.82, 2.24) is 10.2 Å². The molecule has 1 aliphatic heterocycles. The average Bonchev–Trinajstić information content (AvgIpc) is 2.36. The van der Waals surface area contributed by atoms with Crippen LogP contribution in [-0.4, -0.2) is 36.2 Å². The zero-order valence-electron chi connectivity index (χ0n) is 10.5. The molecule has 1 aromatic rings. The van der Waals surface area contributed by atoms with E-state index < -0.39 is 0 Å². The summed E-state index contributed by atoms with van der Waals surface area (Å²) in [6.45, 7) is 7.69. The van der Waals surface area contributed by atoms with Crippen LogP contribution >= 0.6 is 36.4 Å². The Kier molecular flexibility index (Phi) is 8.46. The molecule has 2 N–H and O–H groups in total. The molecule has 1 saturated heterocycles. The second-order valence-corrected chi connectivity index (χ2v) is 4.61. The van der Waals surface area contributed by atoms with Gasteiger partial charge in [-0.05, 0) is 18.2 Å². The van der Waals surface area contributed by atoms with Gasteiger partial charge >= 0.3 is 0 Å². The Hall–Kier alpha value is -0.450. The van der Waals surface area contributed by atoms with Gasteiger partial charge in [-0.25, -0.2) is 0 Å². The molecule has 0 amide bonds. The highest BCUT2D eigenvalue weighted by Crippen LogP contribution is 2.31. The van der Waals surface area contributed by atoms with Crippen LogP contribution in [0.1, 0.15) is 11.6 Å². The normalized spacial score (nSPS) is 16.9. The first kappa shape index (κ1) is 18.6. The zero-order chi connectivity index (χ0) is 12.3. The smallest absolute Gasteiger partial charge is 0.120 e. The summed E-state index contributed by atoms with van der Waals surface area (Å²) in [6.07, 6.45) is 1.86. The summed E-state index contributed by atoms with van der Waals surface area (Å²) in [5, 5.41) is 13.9. The maximum absolute atomic E-state index is 9.92. The Morgan fingerprint density at radius 2 is 1.95 bits per heavy atom. The van der Waals surface area contributed by atoms with E-state index in [0.717, 1.165) is 31.7 Å². The number of nitrogens with one attached hydrogen (secondary N) is 1. The second-order valence-electron chi connectivity index (χ2n) is 4.17. The third kappa shape index (κ3) is 4.55. The number of hydrogen-bond donors (Lipinski definition) is 2. The summed E-state index contributed by atoms with van der Waals surface area (Å²) in [5.74, 6) is 0.276. The summed E-state index contributed by atoms with van der Waals surface area (Å²) in [7, 11) is 0. The van der Waals surface area contributed by atoms with Crippen molar-refractivity contribution in [3.63, 3.8) is 0 Å². The maximum Gasteiger partial charge on any atom is 0.120 e. The van der Waals surface area contributed by atoms with E-state index >= 15 is 0 Å². The Morgan fingerprint density at radius 1 is 1.32 bits per heavy atom. The van der Waals surface area contributed by atoms with Crippen LogP contribution in [-0.2, 0) is 0 Å². The molecule has 0 radical (unpaired) electrons. The van der Waals surface area contributed by atoms with Gasteiger partial charge in [-0.3, -0.25) is 4.90 Å². The summed E-state index contributed by atoms with van der Waals surface area (Å²) in [5.41, 5.74) is 0.828. The third-order valence-electron chi connectivity index (χ3n) is 3.08. The van der Waals surface area contributed by atoms with E-state index in [1.807, 2.05) is 12.1 Å². The number of benzene rings is 1. The first-order valence-electron chi connectivity index (χ1n) is 5.78. The second kappa shape index (κ2) is 8.67. The van der Waals surface area contributed by atoms with Crippen molar-refractivity contribution in [1.29, 1.82) is 0 Å². The lowest BCUT2D eigenvalue weighted by atomic mass is 10.0. The van der Waals surface area contributed by atoms with Crippen molar-refractivity contribution in [2.45, 2.75) is 6.04 Å². The summed E-state index contributed by atoms with van der Waals surface area (Å²) >= 11 is 5.98. The number of nitrogens with zero attached hydrogens (tertiary/aromatic N) is 1. The van der Waals surface area contributed by atoms with Gasteiger partial charge in [-0.1, -0.05) is 17.7 Å². The van der Waals surface area contributed by atoms with Crippen molar-refractivity contribution in [3.8, 4) is 5.75 Å². The summed E-state index contributed by atoms with van der Waals surface area (Å²) in [6, 6.07) is 5.16. The van der Waals surface area contributed by atoms with E-state index in [1.165, 1.54) is 0 Å². The molecule has 6 heteroatoms. The van der Waals surface area contributed by atoms with E-state index in [0.29, 0.717) is 5.02 Å². The van der Waals surface area contributed by atoms with Crippen molar-refractivity contribution < 1.29 is 5.11 Å². The lowest BCUT2D eigenvalue weighted by Gasteiger charge is -2.33. The van der Waals surface area contributed by atoms with Crippen LogP contribution in [0.4, 0.5) is 0 Å². The molecule has 0 aliphatic carbocycles. The number of phenols is 1. The number of aromatic hydroxyl groups is 1. The molecule has 19 heavy (non-hydrogen) atoms. The molecule has 3 nitrogen and oxygen atoms in total. The van der Waals surface area contributed by atoms with Crippen LogP contribution in [0.15, 0.2) is 30.9 Å². The molecule has 1 heterocycles. The Labute approximate surface area is 131 Å². The van der Waals surface area contributed by atoms with E-state index in [1.54, 1.807) is 12.1 Å². The van der Waals surface area contributed by atoms with Crippen LogP contribution in [0, 0.1) is 0 Å². The number of rotatable bonds is 3. The minimum Gasteiger partial charge on any atom is -0.508 e. The Bertz CT molecular complexity index is 409. The van der Waals surface area contributed by atoms with Crippen LogP contribution in [0.25, 0.3) is 0 Å². The lowest BCUT2D eigenvalue weighted by molar-refractivity contribution is 0.201. The number of phenolic OH excluding ortho intramolecular Hbond substituents is 1. The van der Waals surface area contributed by atoms with Gasteiger partial charge in [0.25, 0.3) is 0 Å². The van der Waals surface area contributed by atoms with Crippen LogP contribution in [0.3, 0.4) is 0 Å².